The minimum Gasteiger partial charge on any atom is -0.393 e. The van der Waals surface area contributed by atoms with Gasteiger partial charge in [0.25, 0.3) is 0 Å². The van der Waals surface area contributed by atoms with Crippen LogP contribution in [0.2, 0.25) is 0 Å². The van der Waals surface area contributed by atoms with Crippen LogP contribution in [0.3, 0.4) is 0 Å². The topological polar surface area (TPSA) is 52.6 Å². The summed E-state index contributed by atoms with van der Waals surface area (Å²) in [4.78, 5) is 16.6. The van der Waals surface area contributed by atoms with Gasteiger partial charge in [-0.25, -0.2) is 0 Å². The maximum atomic E-state index is 14.2. The van der Waals surface area contributed by atoms with Gasteiger partial charge in [-0.15, -0.1) is 0 Å². The van der Waals surface area contributed by atoms with Crippen LogP contribution in [0.1, 0.15) is 120 Å². The van der Waals surface area contributed by atoms with Crippen molar-refractivity contribution in [3.05, 3.63) is 12.2 Å². The van der Waals surface area contributed by atoms with Gasteiger partial charge in [0.05, 0.1) is 11.5 Å². The Balaban J connectivity index is 1.46. The van der Waals surface area contributed by atoms with Crippen molar-refractivity contribution in [1.82, 2.24) is 10.2 Å². The second-order valence-corrected chi connectivity index (χ2v) is 16.5. The van der Waals surface area contributed by atoms with E-state index in [1.54, 1.807) is 0 Å². The van der Waals surface area contributed by atoms with Crippen molar-refractivity contribution < 1.29 is 9.90 Å². The molecule has 0 radical (unpaired) electrons. The largest absolute Gasteiger partial charge is 0.393 e. The summed E-state index contributed by atoms with van der Waals surface area (Å²) < 4.78 is 0. The molecule has 4 nitrogen and oxygen atoms in total. The summed E-state index contributed by atoms with van der Waals surface area (Å²) in [5, 5.41) is 14.5. The summed E-state index contributed by atoms with van der Waals surface area (Å²) in [6, 6.07) is 0. The molecule has 0 aromatic heterocycles. The van der Waals surface area contributed by atoms with Gasteiger partial charge < -0.3 is 15.3 Å². The summed E-state index contributed by atoms with van der Waals surface area (Å²) in [5.41, 5.74) is 1.90. The van der Waals surface area contributed by atoms with Crippen molar-refractivity contribution in [3.8, 4) is 0 Å². The fraction of sp³-hybridized carbons (Fsp3) is 0.917. The molecular weight excluding hydrogens is 492 g/mol. The number of nitrogens with one attached hydrogen (secondary N) is 1. The maximum absolute atomic E-state index is 14.2. The molecular formula is C36H62N2O2. The zero-order valence-corrected chi connectivity index (χ0v) is 27.4. The normalized spacial score (nSPS) is 47.5. The van der Waals surface area contributed by atoms with E-state index in [4.69, 9.17) is 0 Å². The summed E-state index contributed by atoms with van der Waals surface area (Å²) >= 11 is 0. The standard InChI is InChI=1S/C36H62N2O2/c1-10-38(11-2)23-22-37-31(40)36-19-14-25(24(3)4)30(36)26-12-13-28-33(7)17-16-29(39)32(5,6)27(33)15-18-35(28,9)34(26,8)20-21-36/h25-30,39H,3,10-23H2,1-2,4-9H3,(H,37,40)/t25-,26+,27-,28+,29-,30+,33-,34+,35+,36-/m0/s1. The highest BCUT2D eigenvalue weighted by Crippen LogP contribution is 2.77. The van der Waals surface area contributed by atoms with E-state index >= 15 is 0 Å². The van der Waals surface area contributed by atoms with Crippen molar-refractivity contribution >= 4 is 5.91 Å². The van der Waals surface area contributed by atoms with Crippen LogP contribution in [-0.4, -0.2) is 48.2 Å². The Hall–Kier alpha value is -0.870. The maximum Gasteiger partial charge on any atom is 0.226 e. The van der Waals surface area contributed by atoms with E-state index in [1.165, 1.54) is 44.1 Å². The molecule has 5 aliphatic carbocycles. The van der Waals surface area contributed by atoms with E-state index in [9.17, 15) is 9.90 Å². The van der Waals surface area contributed by atoms with Crippen LogP contribution < -0.4 is 5.32 Å². The van der Waals surface area contributed by atoms with Gasteiger partial charge >= 0.3 is 0 Å². The van der Waals surface area contributed by atoms with E-state index in [-0.39, 0.29) is 27.8 Å². The van der Waals surface area contributed by atoms with E-state index in [0.717, 1.165) is 51.9 Å². The fourth-order valence-electron chi connectivity index (χ4n) is 12.6. The zero-order valence-electron chi connectivity index (χ0n) is 27.4. The Morgan fingerprint density at radius 2 is 1.57 bits per heavy atom. The lowest BCUT2D eigenvalue weighted by atomic mass is 9.32. The number of amides is 1. The summed E-state index contributed by atoms with van der Waals surface area (Å²) in [6.07, 6.45) is 11.4. The minimum absolute atomic E-state index is 0.00643. The highest BCUT2D eigenvalue weighted by Gasteiger charge is 2.71. The quantitative estimate of drug-likeness (QED) is 0.321. The molecule has 10 atom stereocenters. The Labute approximate surface area is 246 Å². The number of allylic oxidation sites excluding steroid dienone is 1. The van der Waals surface area contributed by atoms with Gasteiger partial charge in [-0.05, 0) is 135 Å². The monoisotopic (exact) mass is 554 g/mol. The Bertz CT molecular complexity index is 987. The zero-order chi connectivity index (χ0) is 29.3. The highest BCUT2D eigenvalue weighted by molar-refractivity contribution is 5.84. The summed E-state index contributed by atoms with van der Waals surface area (Å²) in [7, 11) is 0. The van der Waals surface area contributed by atoms with E-state index in [2.05, 4.69) is 72.2 Å². The molecule has 0 spiro atoms. The van der Waals surface area contributed by atoms with Gasteiger partial charge in [0.15, 0.2) is 0 Å². The van der Waals surface area contributed by atoms with Crippen molar-refractivity contribution in [3.63, 3.8) is 0 Å². The first-order valence-corrected chi connectivity index (χ1v) is 17.1. The third-order valence-electron chi connectivity index (χ3n) is 15.1. The molecule has 5 saturated carbocycles. The molecule has 0 saturated heterocycles. The average molecular weight is 555 g/mol. The number of aliphatic hydroxyl groups excluding tert-OH is 1. The van der Waals surface area contributed by atoms with Gasteiger partial charge in [-0.2, -0.15) is 0 Å². The van der Waals surface area contributed by atoms with Crippen LogP contribution in [0.25, 0.3) is 0 Å². The Kier molecular flexibility index (Phi) is 7.94. The third kappa shape index (κ3) is 4.15. The van der Waals surface area contributed by atoms with Crippen molar-refractivity contribution in [2.75, 3.05) is 26.2 Å². The molecule has 40 heavy (non-hydrogen) atoms. The molecule has 0 aliphatic heterocycles. The number of hydrogen-bond donors (Lipinski definition) is 2. The predicted molar refractivity (Wildman–Crippen MR) is 166 cm³/mol. The molecule has 0 aromatic rings. The number of hydrogen-bond acceptors (Lipinski definition) is 3. The number of likely N-dealkylation sites (N-methyl/N-ethyl adjacent to an activating group) is 1. The SMILES string of the molecule is C=C(C)[C@@H]1CC[C@]2(C(=O)NCCN(CC)CC)CC[C@]3(C)[C@H](CC[C@@H]4[C@@]5(C)CC[C@H](O)C(C)(C)[C@@H]5CC[C@]43C)[C@@H]12. The molecule has 5 aliphatic rings. The lowest BCUT2D eigenvalue weighted by Gasteiger charge is -2.72. The van der Waals surface area contributed by atoms with Gasteiger partial charge in [0.1, 0.15) is 0 Å². The van der Waals surface area contributed by atoms with E-state index in [1.807, 2.05) is 0 Å². The minimum atomic E-state index is -0.224. The number of nitrogens with zero attached hydrogens (tertiary/aromatic N) is 1. The van der Waals surface area contributed by atoms with Crippen LogP contribution >= 0.6 is 0 Å². The van der Waals surface area contributed by atoms with Gasteiger partial charge in [-0.1, -0.05) is 60.6 Å². The number of carbonyl (C=O) groups excluding carboxylic acids is 1. The molecule has 2 N–H and O–H groups in total. The van der Waals surface area contributed by atoms with E-state index in [0.29, 0.717) is 40.9 Å². The number of carbonyl (C=O) groups is 1. The predicted octanol–water partition coefficient (Wildman–Crippen LogP) is 7.46. The van der Waals surface area contributed by atoms with Crippen molar-refractivity contribution in [2.24, 2.45) is 56.7 Å². The molecule has 0 aromatic carbocycles. The molecule has 1 amide bonds. The van der Waals surface area contributed by atoms with Gasteiger partial charge in [-0.3, -0.25) is 4.79 Å². The van der Waals surface area contributed by atoms with Gasteiger partial charge in [0, 0.05) is 13.1 Å². The molecule has 4 heteroatoms. The first-order chi connectivity index (χ1) is 18.7. The first kappa shape index (κ1) is 30.6. The van der Waals surface area contributed by atoms with Crippen LogP contribution in [0, 0.1) is 56.7 Å². The third-order valence-corrected chi connectivity index (χ3v) is 15.1. The second-order valence-electron chi connectivity index (χ2n) is 16.5. The smallest absolute Gasteiger partial charge is 0.226 e. The Morgan fingerprint density at radius 1 is 0.875 bits per heavy atom. The molecule has 228 valence electrons. The van der Waals surface area contributed by atoms with Crippen molar-refractivity contribution in [2.45, 2.75) is 126 Å². The van der Waals surface area contributed by atoms with Crippen LogP contribution in [0.15, 0.2) is 12.2 Å². The average Bonchev–Trinajstić information content (AvgIpc) is 3.31. The molecule has 5 fully saturated rings. The molecule has 0 unspecified atom stereocenters. The molecule has 0 bridgehead atoms. The number of aliphatic hydroxyl groups is 1. The summed E-state index contributed by atoms with van der Waals surface area (Å²) in [6.45, 7) is 27.6. The fourth-order valence-corrected chi connectivity index (χ4v) is 12.6. The van der Waals surface area contributed by atoms with Crippen molar-refractivity contribution in [1.29, 1.82) is 0 Å². The molecule has 0 heterocycles. The number of fused-ring (bicyclic) bond motifs is 7. The number of rotatable bonds is 7. The van der Waals surface area contributed by atoms with Crippen LogP contribution in [0.4, 0.5) is 0 Å². The molecule has 5 rings (SSSR count). The van der Waals surface area contributed by atoms with Crippen LogP contribution in [-0.2, 0) is 4.79 Å². The van der Waals surface area contributed by atoms with E-state index < -0.39 is 0 Å². The Morgan fingerprint density at radius 3 is 2.23 bits per heavy atom. The highest BCUT2D eigenvalue weighted by atomic mass is 16.3. The van der Waals surface area contributed by atoms with Gasteiger partial charge in [0.2, 0.25) is 5.91 Å². The summed E-state index contributed by atoms with van der Waals surface area (Å²) in [5.74, 6) is 3.12. The lowest BCUT2D eigenvalue weighted by molar-refractivity contribution is -0.246. The lowest BCUT2D eigenvalue weighted by Crippen LogP contribution is -2.67. The second kappa shape index (κ2) is 10.4. The first-order valence-electron chi connectivity index (χ1n) is 17.1. The van der Waals surface area contributed by atoms with Crippen LogP contribution in [0.5, 0.6) is 0 Å².